The summed E-state index contributed by atoms with van der Waals surface area (Å²) in [5.41, 5.74) is 0. The van der Waals surface area contributed by atoms with Crippen LogP contribution in [0.4, 0.5) is 5.95 Å². The van der Waals surface area contributed by atoms with E-state index in [1.54, 1.807) is 6.20 Å². The van der Waals surface area contributed by atoms with Crippen molar-refractivity contribution in [3.8, 4) is 0 Å². The highest BCUT2D eigenvalue weighted by Gasteiger charge is 2.10. The molecule has 0 bridgehead atoms. The van der Waals surface area contributed by atoms with Gasteiger partial charge in [-0.05, 0) is 6.92 Å². The summed E-state index contributed by atoms with van der Waals surface area (Å²) in [6, 6.07) is 0. The summed E-state index contributed by atoms with van der Waals surface area (Å²) in [5.74, 6) is 0.156. The molecule has 0 fully saturated rings. The van der Waals surface area contributed by atoms with Crippen LogP contribution in [0.25, 0.3) is 0 Å². The first-order valence-electron chi connectivity index (χ1n) is 4.21. The van der Waals surface area contributed by atoms with Gasteiger partial charge in [-0.25, -0.2) is 13.4 Å². The molecule has 80 valence electrons. The molecule has 1 rings (SSSR count). The van der Waals surface area contributed by atoms with Crippen LogP contribution in [0.3, 0.4) is 0 Å². The van der Waals surface area contributed by atoms with Crippen LogP contribution < -0.4 is 4.72 Å². The predicted octanol–water partition coefficient (Wildman–Crippen LogP) is 0.188. The third-order valence-corrected chi connectivity index (χ3v) is 2.66. The molecule has 0 aliphatic rings. The highest BCUT2D eigenvalue weighted by molar-refractivity contribution is 7.92. The zero-order chi connectivity index (χ0) is 10.4. The molecule has 0 saturated heterocycles. The normalized spacial score (nSPS) is 11.5. The maximum Gasteiger partial charge on any atom is 0.237 e. The molecular formula is C7H13N3O3S. The Hall–Kier alpha value is -1.08. The Morgan fingerprint density at radius 2 is 2.43 bits per heavy atom. The van der Waals surface area contributed by atoms with E-state index in [0.717, 1.165) is 0 Å². The Kier molecular flexibility index (Phi) is 3.90. The average Bonchev–Trinajstić information content (AvgIpc) is 2.56. The molecule has 0 amide bonds. The van der Waals surface area contributed by atoms with E-state index in [0.29, 0.717) is 6.61 Å². The van der Waals surface area contributed by atoms with Gasteiger partial charge in [-0.1, -0.05) is 0 Å². The van der Waals surface area contributed by atoms with Crippen LogP contribution in [0, 0.1) is 0 Å². The highest BCUT2D eigenvalue weighted by atomic mass is 32.2. The van der Waals surface area contributed by atoms with Crippen molar-refractivity contribution in [2.75, 3.05) is 23.7 Å². The van der Waals surface area contributed by atoms with Gasteiger partial charge in [0, 0.05) is 19.0 Å². The molecule has 0 atom stereocenters. The molecule has 0 unspecified atom stereocenters. The molecule has 0 radical (unpaired) electrons. The van der Waals surface area contributed by atoms with E-state index in [2.05, 4.69) is 14.7 Å². The van der Waals surface area contributed by atoms with Crippen LogP contribution >= 0.6 is 0 Å². The third-order valence-electron chi connectivity index (χ3n) is 1.45. The molecule has 14 heavy (non-hydrogen) atoms. The topological polar surface area (TPSA) is 84.1 Å². The van der Waals surface area contributed by atoms with Gasteiger partial charge in [0.2, 0.25) is 16.0 Å². The van der Waals surface area contributed by atoms with E-state index in [-0.39, 0.29) is 18.3 Å². The second-order valence-corrected chi connectivity index (χ2v) is 4.40. The van der Waals surface area contributed by atoms with Crippen molar-refractivity contribution in [1.29, 1.82) is 0 Å². The number of sulfonamides is 1. The quantitative estimate of drug-likeness (QED) is 0.669. The van der Waals surface area contributed by atoms with Gasteiger partial charge in [-0.2, -0.15) is 0 Å². The van der Waals surface area contributed by atoms with E-state index in [1.165, 1.54) is 6.20 Å². The first kappa shape index (κ1) is 11.0. The van der Waals surface area contributed by atoms with Gasteiger partial charge in [0.25, 0.3) is 0 Å². The number of rotatable bonds is 6. The zero-order valence-electron chi connectivity index (χ0n) is 7.86. The molecule has 0 spiro atoms. The molecule has 7 heteroatoms. The summed E-state index contributed by atoms with van der Waals surface area (Å²) >= 11 is 0. The zero-order valence-corrected chi connectivity index (χ0v) is 8.67. The van der Waals surface area contributed by atoms with Crippen molar-refractivity contribution < 1.29 is 13.2 Å². The number of aromatic nitrogens is 2. The smallest absolute Gasteiger partial charge is 0.237 e. The van der Waals surface area contributed by atoms with E-state index < -0.39 is 10.0 Å². The lowest BCUT2D eigenvalue weighted by molar-refractivity contribution is 0.163. The number of H-pyrrole nitrogens is 1. The molecular weight excluding hydrogens is 206 g/mol. The summed E-state index contributed by atoms with van der Waals surface area (Å²) < 4.78 is 29.9. The van der Waals surface area contributed by atoms with Gasteiger partial charge in [0.05, 0.1) is 12.4 Å². The van der Waals surface area contributed by atoms with Crippen LogP contribution in [-0.2, 0) is 14.8 Å². The lowest BCUT2D eigenvalue weighted by Crippen LogP contribution is -2.20. The molecule has 1 aromatic rings. The van der Waals surface area contributed by atoms with Crippen LogP contribution in [0.5, 0.6) is 0 Å². The minimum atomic E-state index is -3.35. The number of nitrogens with one attached hydrogen (secondary N) is 2. The number of aromatic amines is 1. The fourth-order valence-electron chi connectivity index (χ4n) is 0.832. The summed E-state index contributed by atoms with van der Waals surface area (Å²) in [6.07, 6.45) is 3.01. The summed E-state index contributed by atoms with van der Waals surface area (Å²) in [6.45, 7) is 2.51. The first-order valence-corrected chi connectivity index (χ1v) is 5.87. The maximum atomic E-state index is 11.3. The fraction of sp³-hybridized carbons (Fsp3) is 0.571. The summed E-state index contributed by atoms with van der Waals surface area (Å²) in [7, 11) is -3.35. The summed E-state index contributed by atoms with van der Waals surface area (Å²) in [4.78, 5) is 6.38. The van der Waals surface area contributed by atoms with Crippen molar-refractivity contribution in [1.82, 2.24) is 9.97 Å². The molecule has 6 nitrogen and oxygen atoms in total. The van der Waals surface area contributed by atoms with Crippen molar-refractivity contribution in [3.63, 3.8) is 0 Å². The van der Waals surface area contributed by atoms with Crippen molar-refractivity contribution in [3.05, 3.63) is 12.4 Å². The second-order valence-electron chi connectivity index (χ2n) is 2.56. The standard InChI is InChI=1S/C7H13N3O3S/c1-2-13-5-6-14(11,12)10-7-8-3-4-9-7/h3-4H,2,5-6H2,1H3,(H2,8,9,10). The monoisotopic (exact) mass is 219 g/mol. The predicted molar refractivity (Wildman–Crippen MR) is 52.5 cm³/mol. The lowest BCUT2D eigenvalue weighted by atomic mass is 10.8. The van der Waals surface area contributed by atoms with Gasteiger partial charge in [-0.15, -0.1) is 0 Å². The highest BCUT2D eigenvalue weighted by Crippen LogP contribution is 1.99. The van der Waals surface area contributed by atoms with Crippen LogP contribution in [0.1, 0.15) is 6.92 Å². The van der Waals surface area contributed by atoms with E-state index in [1.807, 2.05) is 6.92 Å². The Labute approximate surface area is 82.7 Å². The molecule has 0 saturated carbocycles. The number of imidazole rings is 1. The van der Waals surface area contributed by atoms with Gasteiger partial charge < -0.3 is 9.72 Å². The van der Waals surface area contributed by atoms with Crippen LogP contribution in [-0.4, -0.2) is 37.4 Å². The number of nitrogens with zero attached hydrogens (tertiary/aromatic N) is 1. The largest absolute Gasteiger partial charge is 0.381 e. The Morgan fingerprint density at radius 3 is 3.00 bits per heavy atom. The third kappa shape index (κ3) is 3.75. The number of hydrogen-bond donors (Lipinski definition) is 2. The van der Waals surface area contributed by atoms with Gasteiger partial charge in [-0.3, -0.25) is 4.72 Å². The van der Waals surface area contributed by atoms with Gasteiger partial charge in [0.15, 0.2) is 0 Å². The second kappa shape index (κ2) is 4.97. The number of ether oxygens (including phenoxy) is 1. The number of hydrogen-bond acceptors (Lipinski definition) is 4. The van der Waals surface area contributed by atoms with Crippen molar-refractivity contribution in [2.45, 2.75) is 6.92 Å². The molecule has 2 N–H and O–H groups in total. The SMILES string of the molecule is CCOCCS(=O)(=O)Nc1ncc[nH]1. The molecule has 1 heterocycles. The fourth-order valence-corrected chi connectivity index (χ4v) is 1.68. The maximum absolute atomic E-state index is 11.3. The van der Waals surface area contributed by atoms with Crippen LogP contribution in [0.2, 0.25) is 0 Å². The van der Waals surface area contributed by atoms with Crippen molar-refractivity contribution in [2.24, 2.45) is 0 Å². The molecule has 0 aromatic carbocycles. The Balaban J connectivity index is 2.42. The van der Waals surface area contributed by atoms with Gasteiger partial charge in [0.1, 0.15) is 0 Å². The Morgan fingerprint density at radius 1 is 1.64 bits per heavy atom. The molecule has 0 aliphatic carbocycles. The minimum absolute atomic E-state index is 0.0679. The van der Waals surface area contributed by atoms with E-state index in [4.69, 9.17) is 4.74 Å². The van der Waals surface area contributed by atoms with Crippen molar-refractivity contribution >= 4 is 16.0 Å². The van der Waals surface area contributed by atoms with E-state index in [9.17, 15) is 8.42 Å². The van der Waals surface area contributed by atoms with Crippen LogP contribution in [0.15, 0.2) is 12.4 Å². The van der Waals surface area contributed by atoms with E-state index >= 15 is 0 Å². The number of anilines is 1. The molecule has 1 aromatic heterocycles. The average molecular weight is 219 g/mol. The molecule has 0 aliphatic heterocycles. The Bertz CT molecular complexity index is 346. The first-order chi connectivity index (χ1) is 6.64. The van der Waals surface area contributed by atoms with Gasteiger partial charge >= 0.3 is 0 Å². The summed E-state index contributed by atoms with van der Waals surface area (Å²) in [5, 5.41) is 0. The lowest BCUT2D eigenvalue weighted by Gasteiger charge is -2.04. The minimum Gasteiger partial charge on any atom is -0.381 e.